The Kier molecular flexibility index (Phi) is 2.58. The molecule has 1 aromatic carbocycles. The van der Waals surface area contributed by atoms with Gasteiger partial charge < -0.3 is 0 Å². The first kappa shape index (κ1) is 8.46. The van der Waals surface area contributed by atoms with E-state index in [1.165, 1.54) is 5.01 Å². The molecule has 0 unspecified atom stereocenters. The van der Waals surface area contributed by atoms with Crippen molar-refractivity contribution in [2.45, 2.75) is 0 Å². The zero-order valence-corrected chi connectivity index (χ0v) is 6.99. The fraction of sp³-hybridized carbons (Fsp3) is 0.111. The topological polar surface area (TPSA) is 39.5 Å². The summed E-state index contributed by atoms with van der Waals surface area (Å²) in [6.45, 7) is 3.34. The largest absolute Gasteiger partial charge is 0.283 e. The predicted octanol–water partition coefficient (Wildman–Crippen LogP) is 1.56. The lowest BCUT2D eigenvalue weighted by Crippen LogP contribution is -2.20. The Morgan fingerprint density at radius 1 is 1.42 bits per heavy atom. The lowest BCUT2D eigenvalue weighted by Gasteiger charge is -2.12. The van der Waals surface area contributed by atoms with Gasteiger partial charge in [-0.1, -0.05) is 30.3 Å². The van der Waals surface area contributed by atoms with E-state index in [2.05, 4.69) is 11.8 Å². The van der Waals surface area contributed by atoms with Crippen LogP contribution in [0.5, 0.6) is 0 Å². The Labute approximate surface area is 71.8 Å². The zero-order chi connectivity index (χ0) is 8.97. The average Bonchev–Trinajstić information content (AvgIpc) is 2.17. The van der Waals surface area contributed by atoms with Crippen molar-refractivity contribution in [3.63, 3.8) is 0 Å². The van der Waals surface area contributed by atoms with Crippen LogP contribution in [0.25, 0.3) is 0 Å². The summed E-state index contributed by atoms with van der Waals surface area (Å²) in [5.74, 6) is 0.352. The van der Waals surface area contributed by atoms with Gasteiger partial charge in [0.15, 0.2) is 0 Å². The highest BCUT2D eigenvalue weighted by molar-refractivity contribution is 5.96. The molecule has 3 heteroatoms. The number of hydrogen-bond donors (Lipinski definition) is 1. The van der Waals surface area contributed by atoms with E-state index >= 15 is 0 Å². The molecule has 0 saturated heterocycles. The van der Waals surface area contributed by atoms with Gasteiger partial charge >= 0.3 is 0 Å². The molecule has 12 heavy (non-hydrogen) atoms. The Balaban J connectivity index is 2.85. The molecular weight excluding hydrogens is 150 g/mol. The van der Waals surface area contributed by atoms with Crippen LogP contribution < -0.4 is 0 Å². The summed E-state index contributed by atoms with van der Waals surface area (Å²) in [6, 6.07) is 9.42. The summed E-state index contributed by atoms with van der Waals surface area (Å²) >= 11 is 0. The lowest BCUT2D eigenvalue weighted by atomic mass is 10.2. The van der Waals surface area contributed by atoms with Crippen molar-refractivity contribution in [2.75, 3.05) is 7.05 Å². The van der Waals surface area contributed by atoms with E-state index in [0.29, 0.717) is 5.84 Å². The third kappa shape index (κ3) is 1.69. The molecular formula is C9H11N3. The number of nitrogens with one attached hydrogen (secondary N) is 1. The van der Waals surface area contributed by atoms with Crippen LogP contribution in [0, 0.1) is 5.41 Å². The maximum Gasteiger partial charge on any atom is 0.148 e. The first-order chi connectivity index (χ1) is 5.75. The van der Waals surface area contributed by atoms with Gasteiger partial charge in [0.2, 0.25) is 0 Å². The predicted molar refractivity (Wildman–Crippen MR) is 50.6 cm³/mol. The van der Waals surface area contributed by atoms with Gasteiger partial charge in [-0.15, -0.1) is 0 Å². The quantitative estimate of drug-likeness (QED) is 0.399. The van der Waals surface area contributed by atoms with E-state index < -0.39 is 0 Å². The minimum atomic E-state index is 0.352. The molecule has 0 fully saturated rings. The maximum absolute atomic E-state index is 7.63. The van der Waals surface area contributed by atoms with Crippen molar-refractivity contribution < 1.29 is 0 Å². The summed E-state index contributed by atoms with van der Waals surface area (Å²) in [6.07, 6.45) is 0. The molecule has 0 aromatic heterocycles. The number of rotatable bonds is 2. The van der Waals surface area contributed by atoms with Gasteiger partial charge in [0.1, 0.15) is 5.84 Å². The van der Waals surface area contributed by atoms with Crippen molar-refractivity contribution in [3.8, 4) is 0 Å². The Morgan fingerprint density at radius 3 is 2.50 bits per heavy atom. The van der Waals surface area contributed by atoms with Crippen molar-refractivity contribution in [1.82, 2.24) is 5.01 Å². The van der Waals surface area contributed by atoms with Crippen LogP contribution in [0.1, 0.15) is 5.56 Å². The molecule has 0 saturated carbocycles. The van der Waals surface area contributed by atoms with Gasteiger partial charge in [0, 0.05) is 19.3 Å². The Morgan fingerprint density at radius 2 is 2.00 bits per heavy atom. The molecule has 62 valence electrons. The van der Waals surface area contributed by atoms with Crippen molar-refractivity contribution in [3.05, 3.63) is 35.9 Å². The van der Waals surface area contributed by atoms with Crippen molar-refractivity contribution in [2.24, 2.45) is 5.10 Å². The molecule has 0 radical (unpaired) electrons. The SMILES string of the molecule is C=NN(C)C(=N)c1ccccc1. The summed E-state index contributed by atoms with van der Waals surface area (Å²) in [4.78, 5) is 0. The Hall–Kier alpha value is -1.64. The van der Waals surface area contributed by atoms with E-state index in [1.807, 2.05) is 30.3 Å². The highest BCUT2D eigenvalue weighted by Gasteiger charge is 2.02. The van der Waals surface area contributed by atoms with Gasteiger partial charge in [-0.25, -0.2) is 0 Å². The van der Waals surface area contributed by atoms with Crippen LogP contribution in [-0.2, 0) is 0 Å². The van der Waals surface area contributed by atoms with Gasteiger partial charge in [-0.2, -0.15) is 5.10 Å². The van der Waals surface area contributed by atoms with Gasteiger partial charge in [-0.05, 0) is 0 Å². The van der Waals surface area contributed by atoms with Crippen LogP contribution in [0.4, 0.5) is 0 Å². The molecule has 0 atom stereocenters. The molecule has 0 bridgehead atoms. The first-order valence-electron chi connectivity index (χ1n) is 3.60. The molecule has 0 aliphatic heterocycles. The monoisotopic (exact) mass is 161 g/mol. The summed E-state index contributed by atoms with van der Waals surface area (Å²) in [7, 11) is 1.70. The summed E-state index contributed by atoms with van der Waals surface area (Å²) < 4.78 is 0. The van der Waals surface area contributed by atoms with E-state index in [1.54, 1.807) is 7.05 Å². The second-order valence-electron chi connectivity index (χ2n) is 2.38. The van der Waals surface area contributed by atoms with Crippen molar-refractivity contribution in [1.29, 1.82) is 5.41 Å². The number of hydrazone groups is 1. The molecule has 0 aliphatic carbocycles. The second kappa shape index (κ2) is 3.67. The van der Waals surface area contributed by atoms with Crippen LogP contribution in [0.2, 0.25) is 0 Å². The van der Waals surface area contributed by atoms with Crippen LogP contribution in [0.3, 0.4) is 0 Å². The van der Waals surface area contributed by atoms with E-state index in [4.69, 9.17) is 5.41 Å². The molecule has 1 aromatic rings. The van der Waals surface area contributed by atoms with Gasteiger partial charge in [0.25, 0.3) is 0 Å². The van der Waals surface area contributed by atoms with E-state index in [0.717, 1.165) is 5.56 Å². The molecule has 0 spiro atoms. The minimum absolute atomic E-state index is 0.352. The standard InChI is InChI=1S/C9H11N3/c1-11-12(2)9(10)8-6-4-3-5-7-8/h3-7,10H,1H2,2H3. The number of benzene rings is 1. The lowest BCUT2D eigenvalue weighted by molar-refractivity contribution is 0.547. The van der Waals surface area contributed by atoms with Crippen molar-refractivity contribution >= 4 is 12.6 Å². The summed E-state index contributed by atoms with van der Waals surface area (Å²) in [5.41, 5.74) is 0.840. The van der Waals surface area contributed by atoms with Gasteiger partial charge in [0.05, 0.1) is 0 Å². The van der Waals surface area contributed by atoms with Crippen LogP contribution >= 0.6 is 0 Å². The highest BCUT2D eigenvalue weighted by Crippen LogP contribution is 2.02. The number of amidine groups is 1. The average molecular weight is 161 g/mol. The van der Waals surface area contributed by atoms with Crippen LogP contribution in [-0.4, -0.2) is 24.6 Å². The molecule has 0 amide bonds. The third-order valence-corrected chi connectivity index (χ3v) is 1.58. The number of nitrogens with zero attached hydrogens (tertiary/aromatic N) is 2. The molecule has 0 aliphatic rings. The zero-order valence-electron chi connectivity index (χ0n) is 6.99. The Bertz CT molecular complexity index is 279. The maximum atomic E-state index is 7.63. The van der Waals surface area contributed by atoms with E-state index in [9.17, 15) is 0 Å². The minimum Gasteiger partial charge on any atom is -0.283 e. The first-order valence-corrected chi connectivity index (χ1v) is 3.60. The molecule has 3 nitrogen and oxygen atoms in total. The van der Waals surface area contributed by atoms with Gasteiger partial charge in [-0.3, -0.25) is 10.4 Å². The number of hydrogen-bond acceptors (Lipinski definition) is 2. The smallest absolute Gasteiger partial charge is 0.148 e. The molecule has 1 rings (SSSR count). The van der Waals surface area contributed by atoms with Crippen LogP contribution in [0.15, 0.2) is 35.4 Å². The second-order valence-corrected chi connectivity index (χ2v) is 2.38. The summed E-state index contributed by atoms with van der Waals surface area (Å²) in [5, 5.41) is 12.7. The fourth-order valence-corrected chi connectivity index (χ4v) is 0.854. The fourth-order valence-electron chi connectivity index (χ4n) is 0.854. The highest BCUT2D eigenvalue weighted by atomic mass is 15.4. The van der Waals surface area contributed by atoms with E-state index in [-0.39, 0.29) is 0 Å². The molecule has 0 heterocycles. The normalized spacial score (nSPS) is 9.08. The third-order valence-electron chi connectivity index (χ3n) is 1.58. The molecule has 1 N–H and O–H groups in total.